The van der Waals surface area contributed by atoms with Gasteiger partial charge >= 0.3 is 0 Å². The van der Waals surface area contributed by atoms with E-state index in [0.717, 1.165) is 39.9 Å². The van der Waals surface area contributed by atoms with Crippen LogP contribution in [0, 0.1) is 13.8 Å². The zero-order valence-corrected chi connectivity index (χ0v) is 18.1. The Hall–Kier alpha value is -2.43. The van der Waals surface area contributed by atoms with Crippen molar-refractivity contribution in [3.63, 3.8) is 0 Å². The molecule has 0 atom stereocenters. The van der Waals surface area contributed by atoms with Gasteiger partial charge in [-0.05, 0) is 61.4 Å². The molecule has 5 heteroatoms. The zero-order valence-electron chi connectivity index (χ0n) is 16.6. The molecular weight excluding hydrogens is 400 g/mol. The molecule has 0 bridgehead atoms. The summed E-state index contributed by atoms with van der Waals surface area (Å²) in [4.78, 5) is 6.05. The minimum absolute atomic E-state index is 0.602. The topological polar surface area (TPSA) is 27.1 Å². The van der Waals surface area contributed by atoms with Crippen molar-refractivity contribution in [1.29, 1.82) is 0 Å². The number of halogens is 1. The zero-order chi connectivity index (χ0) is 20.2. The largest absolute Gasteiger partial charge is 0.491 e. The van der Waals surface area contributed by atoms with Gasteiger partial charge in [0.2, 0.25) is 0 Å². The predicted molar refractivity (Wildman–Crippen MR) is 122 cm³/mol. The van der Waals surface area contributed by atoms with Crippen molar-refractivity contribution in [3.8, 4) is 5.75 Å². The van der Waals surface area contributed by atoms with E-state index in [1.165, 1.54) is 16.0 Å². The van der Waals surface area contributed by atoms with Crippen LogP contribution in [0.4, 0.5) is 0 Å². The SMILES string of the molecule is Cc1cccc(C)c1OCCn1c(CSc2ccc(Cl)cc2)nc2ccccc21. The molecule has 148 valence electrons. The Labute approximate surface area is 180 Å². The van der Waals surface area contributed by atoms with Crippen molar-refractivity contribution in [2.45, 2.75) is 31.0 Å². The average molecular weight is 423 g/mol. The van der Waals surface area contributed by atoms with E-state index < -0.39 is 0 Å². The number of hydrogen-bond donors (Lipinski definition) is 0. The van der Waals surface area contributed by atoms with E-state index >= 15 is 0 Å². The number of hydrogen-bond acceptors (Lipinski definition) is 3. The molecule has 0 spiro atoms. The molecule has 0 unspecified atom stereocenters. The van der Waals surface area contributed by atoms with Crippen molar-refractivity contribution < 1.29 is 4.74 Å². The fraction of sp³-hybridized carbons (Fsp3) is 0.208. The second-order valence-electron chi connectivity index (χ2n) is 6.98. The Morgan fingerprint density at radius 3 is 2.41 bits per heavy atom. The molecule has 0 aliphatic carbocycles. The quantitative estimate of drug-likeness (QED) is 0.311. The highest BCUT2D eigenvalue weighted by Crippen LogP contribution is 2.27. The van der Waals surface area contributed by atoms with Crippen LogP contribution < -0.4 is 4.74 Å². The smallest absolute Gasteiger partial charge is 0.125 e. The molecule has 0 aliphatic heterocycles. The molecule has 4 aromatic rings. The van der Waals surface area contributed by atoms with Crippen LogP contribution in [0.2, 0.25) is 5.02 Å². The molecule has 0 saturated heterocycles. The lowest BCUT2D eigenvalue weighted by molar-refractivity contribution is 0.295. The van der Waals surface area contributed by atoms with Crippen molar-refractivity contribution in [3.05, 3.63) is 88.7 Å². The summed E-state index contributed by atoms with van der Waals surface area (Å²) in [6.07, 6.45) is 0. The van der Waals surface area contributed by atoms with Crippen LogP contribution in [0.3, 0.4) is 0 Å². The number of benzene rings is 3. The molecule has 4 rings (SSSR count). The van der Waals surface area contributed by atoms with Crippen molar-refractivity contribution in [2.75, 3.05) is 6.61 Å². The highest BCUT2D eigenvalue weighted by Gasteiger charge is 2.12. The van der Waals surface area contributed by atoms with Gasteiger partial charge in [0.25, 0.3) is 0 Å². The normalized spacial score (nSPS) is 11.1. The maximum atomic E-state index is 6.15. The lowest BCUT2D eigenvalue weighted by Gasteiger charge is -2.14. The van der Waals surface area contributed by atoms with Gasteiger partial charge in [0.1, 0.15) is 18.2 Å². The second kappa shape index (κ2) is 8.93. The first-order valence-corrected chi connectivity index (χ1v) is 11.0. The lowest BCUT2D eigenvalue weighted by Crippen LogP contribution is -2.11. The Kier molecular flexibility index (Phi) is 6.12. The minimum Gasteiger partial charge on any atom is -0.491 e. The molecule has 0 amide bonds. The van der Waals surface area contributed by atoms with E-state index in [2.05, 4.69) is 54.8 Å². The molecule has 1 aromatic heterocycles. The summed E-state index contributed by atoms with van der Waals surface area (Å²) < 4.78 is 8.42. The number of aryl methyl sites for hydroxylation is 2. The van der Waals surface area contributed by atoms with Gasteiger partial charge in [-0.2, -0.15) is 0 Å². The number of ether oxygens (including phenoxy) is 1. The minimum atomic E-state index is 0.602. The first-order valence-electron chi connectivity index (χ1n) is 9.63. The van der Waals surface area contributed by atoms with E-state index in [-0.39, 0.29) is 0 Å². The van der Waals surface area contributed by atoms with Gasteiger partial charge in [-0.3, -0.25) is 0 Å². The summed E-state index contributed by atoms with van der Waals surface area (Å²) in [5, 5.41) is 0.755. The maximum Gasteiger partial charge on any atom is 0.125 e. The van der Waals surface area contributed by atoms with Crippen molar-refractivity contribution >= 4 is 34.4 Å². The summed E-state index contributed by atoms with van der Waals surface area (Å²) in [7, 11) is 0. The number of para-hydroxylation sites is 3. The second-order valence-corrected chi connectivity index (χ2v) is 8.47. The highest BCUT2D eigenvalue weighted by molar-refractivity contribution is 7.98. The summed E-state index contributed by atoms with van der Waals surface area (Å²) in [5.41, 5.74) is 4.49. The standard InChI is InChI=1S/C24H23ClN2OS/c1-17-6-5-7-18(2)24(17)28-15-14-27-22-9-4-3-8-21(22)26-23(27)16-29-20-12-10-19(25)11-13-20/h3-13H,14-16H2,1-2H3. The number of rotatable bonds is 7. The molecule has 3 aromatic carbocycles. The summed E-state index contributed by atoms with van der Waals surface area (Å²) in [6.45, 7) is 5.53. The van der Waals surface area contributed by atoms with Gasteiger partial charge in [-0.25, -0.2) is 4.98 Å². The van der Waals surface area contributed by atoms with Crippen LogP contribution in [-0.2, 0) is 12.3 Å². The van der Waals surface area contributed by atoms with Crippen LogP contribution in [0.5, 0.6) is 5.75 Å². The molecule has 0 fully saturated rings. The predicted octanol–water partition coefficient (Wildman–Crippen LogP) is 6.68. The third-order valence-electron chi connectivity index (χ3n) is 4.89. The summed E-state index contributed by atoms with van der Waals surface area (Å²) >= 11 is 7.76. The molecule has 29 heavy (non-hydrogen) atoms. The molecule has 0 N–H and O–H groups in total. The summed E-state index contributed by atoms with van der Waals surface area (Å²) in [6, 6.07) is 22.4. The highest BCUT2D eigenvalue weighted by atomic mass is 35.5. The molecule has 0 aliphatic rings. The van der Waals surface area contributed by atoms with Gasteiger partial charge in [0, 0.05) is 9.92 Å². The first-order chi connectivity index (χ1) is 14.1. The molecule has 0 saturated carbocycles. The fourth-order valence-electron chi connectivity index (χ4n) is 3.43. The van der Waals surface area contributed by atoms with E-state index in [4.69, 9.17) is 21.3 Å². The molecule has 1 heterocycles. The molecular formula is C24H23ClN2OS. The number of fused-ring (bicyclic) bond motifs is 1. The van der Waals surface area contributed by atoms with Gasteiger partial charge in [0.15, 0.2) is 0 Å². The Balaban J connectivity index is 1.52. The van der Waals surface area contributed by atoms with Gasteiger partial charge in [0.05, 0.1) is 23.3 Å². The summed E-state index contributed by atoms with van der Waals surface area (Å²) in [5.74, 6) is 2.82. The number of aromatic nitrogens is 2. The van der Waals surface area contributed by atoms with E-state index in [9.17, 15) is 0 Å². The lowest BCUT2D eigenvalue weighted by atomic mass is 10.1. The van der Waals surface area contributed by atoms with E-state index in [1.807, 2.05) is 30.3 Å². The average Bonchev–Trinajstić information content (AvgIpc) is 3.07. The Bertz CT molecular complexity index is 1100. The van der Waals surface area contributed by atoms with Gasteiger partial charge in [-0.1, -0.05) is 41.9 Å². The number of imidazole rings is 1. The van der Waals surface area contributed by atoms with Crippen LogP contribution in [-0.4, -0.2) is 16.2 Å². The number of nitrogens with zero attached hydrogens (tertiary/aromatic N) is 2. The monoisotopic (exact) mass is 422 g/mol. The molecule has 0 radical (unpaired) electrons. The maximum absolute atomic E-state index is 6.15. The van der Waals surface area contributed by atoms with E-state index in [0.29, 0.717) is 6.61 Å². The first kappa shape index (κ1) is 19.9. The third-order valence-corrected chi connectivity index (χ3v) is 6.15. The van der Waals surface area contributed by atoms with Gasteiger partial charge in [-0.15, -0.1) is 11.8 Å². The van der Waals surface area contributed by atoms with Crippen molar-refractivity contribution in [2.24, 2.45) is 0 Å². The van der Waals surface area contributed by atoms with Crippen LogP contribution >= 0.6 is 23.4 Å². The number of thioether (sulfide) groups is 1. The fourth-order valence-corrected chi connectivity index (χ4v) is 4.40. The Morgan fingerprint density at radius 1 is 0.931 bits per heavy atom. The van der Waals surface area contributed by atoms with Crippen LogP contribution in [0.1, 0.15) is 17.0 Å². The Morgan fingerprint density at radius 2 is 1.66 bits per heavy atom. The van der Waals surface area contributed by atoms with Gasteiger partial charge < -0.3 is 9.30 Å². The van der Waals surface area contributed by atoms with Crippen LogP contribution in [0.25, 0.3) is 11.0 Å². The van der Waals surface area contributed by atoms with Crippen LogP contribution in [0.15, 0.2) is 71.6 Å². The third kappa shape index (κ3) is 4.60. The van der Waals surface area contributed by atoms with Crippen molar-refractivity contribution in [1.82, 2.24) is 9.55 Å². The molecule has 3 nitrogen and oxygen atoms in total. The van der Waals surface area contributed by atoms with E-state index in [1.54, 1.807) is 11.8 Å².